The molecule has 0 saturated heterocycles. The number of nitrogens with zero attached hydrogens (tertiary/aromatic N) is 1. The molecule has 2 nitrogen and oxygen atoms in total. The summed E-state index contributed by atoms with van der Waals surface area (Å²) in [4.78, 5) is 6.40. The van der Waals surface area contributed by atoms with Crippen LogP contribution < -0.4 is 5.73 Å². The second-order valence-electron chi connectivity index (χ2n) is 5.95. The molecule has 17 heavy (non-hydrogen) atoms. The maximum absolute atomic E-state index is 6.63. The summed E-state index contributed by atoms with van der Waals surface area (Å²) in [7, 11) is 0. The zero-order valence-corrected chi connectivity index (χ0v) is 11.5. The monoisotopic (exact) mass is 250 g/mol. The van der Waals surface area contributed by atoms with E-state index in [4.69, 9.17) is 10.7 Å². The molecule has 2 atom stereocenters. The van der Waals surface area contributed by atoms with Gasteiger partial charge in [0, 0.05) is 4.88 Å². The lowest BCUT2D eigenvalue weighted by Crippen LogP contribution is -2.40. The first-order valence-corrected chi connectivity index (χ1v) is 7.77. The highest BCUT2D eigenvalue weighted by molar-refractivity contribution is 7.11. The van der Waals surface area contributed by atoms with Crippen molar-refractivity contribution in [1.82, 2.24) is 4.98 Å². The van der Waals surface area contributed by atoms with Crippen molar-refractivity contribution in [2.24, 2.45) is 11.7 Å². The van der Waals surface area contributed by atoms with Gasteiger partial charge in [-0.1, -0.05) is 19.8 Å². The van der Waals surface area contributed by atoms with E-state index in [9.17, 15) is 0 Å². The zero-order chi connectivity index (χ0) is 11.9. The summed E-state index contributed by atoms with van der Waals surface area (Å²) in [5, 5.41) is 1.23. The van der Waals surface area contributed by atoms with Crippen molar-refractivity contribution in [3.8, 4) is 0 Å². The summed E-state index contributed by atoms with van der Waals surface area (Å²) in [6.45, 7) is 2.33. The van der Waals surface area contributed by atoms with Crippen molar-refractivity contribution in [2.45, 2.75) is 63.8 Å². The van der Waals surface area contributed by atoms with Crippen LogP contribution in [0.5, 0.6) is 0 Å². The van der Waals surface area contributed by atoms with Gasteiger partial charge in [-0.3, -0.25) is 0 Å². The molecule has 0 spiro atoms. The Hall–Kier alpha value is -0.410. The van der Waals surface area contributed by atoms with Gasteiger partial charge in [-0.15, -0.1) is 11.3 Å². The SMILES string of the molecule is CC1CCCC(N)(c2nc3c(s2)CCCC3)C1. The van der Waals surface area contributed by atoms with Crippen molar-refractivity contribution < 1.29 is 0 Å². The third kappa shape index (κ3) is 2.15. The Labute approximate surface area is 108 Å². The lowest BCUT2D eigenvalue weighted by Gasteiger charge is -2.35. The molecule has 3 heteroatoms. The van der Waals surface area contributed by atoms with Crippen LogP contribution in [-0.4, -0.2) is 4.98 Å². The predicted molar refractivity (Wildman–Crippen MR) is 72.3 cm³/mol. The number of aryl methyl sites for hydroxylation is 2. The van der Waals surface area contributed by atoms with E-state index in [0.717, 1.165) is 18.8 Å². The summed E-state index contributed by atoms with van der Waals surface area (Å²) in [6.07, 6.45) is 9.91. The van der Waals surface area contributed by atoms with Crippen LogP contribution >= 0.6 is 11.3 Å². The summed E-state index contributed by atoms with van der Waals surface area (Å²) in [6, 6.07) is 0. The van der Waals surface area contributed by atoms with Gasteiger partial charge in [-0.2, -0.15) is 0 Å². The molecule has 1 saturated carbocycles. The van der Waals surface area contributed by atoms with Crippen LogP contribution in [0.1, 0.15) is 61.0 Å². The molecule has 3 rings (SSSR count). The number of rotatable bonds is 1. The van der Waals surface area contributed by atoms with Crippen molar-refractivity contribution in [3.63, 3.8) is 0 Å². The van der Waals surface area contributed by atoms with Crippen LogP contribution in [0.25, 0.3) is 0 Å². The van der Waals surface area contributed by atoms with Crippen molar-refractivity contribution >= 4 is 11.3 Å². The van der Waals surface area contributed by atoms with Gasteiger partial charge in [0.25, 0.3) is 0 Å². The number of fused-ring (bicyclic) bond motifs is 1. The fourth-order valence-corrected chi connectivity index (χ4v) is 4.64. The fraction of sp³-hybridized carbons (Fsp3) is 0.786. The molecular formula is C14H22N2S. The van der Waals surface area contributed by atoms with Gasteiger partial charge in [0.05, 0.1) is 11.2 Å². The Bertz CT molecular complexity index is 389. The topological polar surface area (TPSA) is 38.9 Å². The van der Waals surface area contributed by atoms with Gasteiger partial charge in [0.15, 0.2) is 0 Å². The quantitative estimate of drug-likeness (QED) is 0.830. The molecule has 2 aliphatic rings. The van der Waals surface area contributed by atoms with Gasteiger partial charge in [0.2, 0.25) is 0 Å². The first-order valence-electron chi connectivity index (χ1n) is 6.95. The minimum absolute atomic E-state index is 0.111. The minimum Gasteiger partial charge on any atom is -0.319 e. The van der Waals surface area contributed by atoms with E-state index >= 15 is 0 Å². The highest BCUT2D eigenvalue weighted by atomic mass is 32.1. The molecular weight excluding hydrogens is 228 g/mol. The van der Waals surface area contributed by atoms with E-state index in [1.807, 2.05) is 11.3 Å². The van der Waals surface area contributed by atoms with Crippen molar-refractivity contribution in [3.05, 3.63) is 15.6 Å². The lowest BCUT2D eigenvalue weighted by atomic mass is 9.77. The maximum Gasteiger partial charge on any atom is 0.113 e. The van der Waals surface area contributed by atoms with Crippen LogP contribution in [0.4, 0.5) is 0 Å². The minimum atomic E-state index is -0.111. The molecule has 0 radical (unpaired) electrons. The van der Waals surface area contributed by atoms with Crippen LogP contribution in [0.3, 0.4) is 0 Å². The van der Waals surface area contributed by atoms with E-state index in [2.05, 4.69) is 6.92 Å². The van der Waals surface area contributed by atoms with E-state index in [1.54, 1.807) is 0 Å². The number of hydrogen-bond donors (Lipinski definition) is 1. The van der Waals surface area contributed by atoms with E-state index in [1.165, 1.54) is 54.1 Å². The Balaban J connectivity index is 1.89. The van der Waals surface area contributed by atoms with E-state index < -0.39 is 0 Å². The normalized spacial score (nSPS) is 33.4. The van der Waals surface area contributed by atoms with Crippen LogP contribution in [0.2, 0.25) is 0 Å². The molecule has 2 aliphatic carbocycles. The van der Waals surface area contributed by atoms with Gasteiger partial charge < -0.3 is 5.73 Å². The summed E-state index contributed by atoms with van der Waals surface area (Å²) < 4.78 is 0. The highest BCUT2D eigenvalue weighted by Crippen LogP contribution is 2.41. The molecule has 1 aromatic rings. The standard InChI is InChI=1S/C14H22N2S/c1-10-5-4-8-14(15,9-10)13-16-11-6-2-3-7-12(11)17-13/h10H,2-9,15H2,1H3. The van der Waals surface area contributed by atoms with Crippen LogP contribution in [0.15, 0.2) is 0 Å². The van der Waals surface area contributed by atoms with Gasteiger partial charge in [-0.05, 0) is 44.4 Å². The first kappa shape index (κ1) is 11.7. The second kappa shape index (κ2) is 4.36. The Morgan fingerprint density at radius 3 is 2.88 bits per heavy atom. The average molecular weight is 250 g/mol. The largest absolute Gasteiger partial charge is 0.319 e. The maximum atomic E-state index is 6.63. The molecule has 2 unspecified atom stereocenters. The van der Waals surface area contributed by atoms with E-state index in [0.29, 0.717) is 0 Å². The summed E-state index contributed by atoms with van der Waals surface area (Å²) in [5.74, 6) is 0.759. The third-order valence-electron chi connectivity index (χ3n) is 4.30. The highest BCUT2D eigenvalue weighted by Gasteiger charge is 2.36. The Morgan fingerprint density at radius 1 is 1.29 bits per heavy atom. The molecule has 1 fully saturated rings. The number of thiazole rings is 1. The van der Waals surface area contributed by atoms with Crippen LogP contribution in [-0.2, 0) is 18.4 Å². The van der Waals surface area contributed by atoms with E-state index in [-0.39, 0.29) is 5.54 Å². The molecule has 0 bridgehead atoms. The molecule has 94 valence electrons. The van der Waals surface area contributed by atoms with Gasteiger partial charge in [0.1, 0.15) is 5.01 Å². The fourth-order valence-electron chi connectivity index (χ4n) is 3.35. The molecule has 1 aromatic heterocycles. The molecule has 0 aromatic carbocycles. The number of aromatic nitrogens is 1. The number of hydrogen-bond acceptors (Lipinski definition) is 3. The van der Waals surface area contributed by atoms with Crippen molar-refractivity contribution in [2.75, 3.05) is 0 Å². The predicted octanol–water partition coefficient (Wildman–Crippen LogP) is 3.39. The lowest BCUT2D eigenvalue weighted by molar-refractivity contribution is 0.238. The summed E-state index contributed by atoms with van der Waals surface area (Å²) in [5.41, 5.74) is 7.88. The first-order chi connectivity index (χ1) is 8.17. The van der Waals surface area contributed by atoms with Crippen molar-refractivity contribution in [1.29, 1.82) is 0 Å². The Kier molecular flexibility index (Phi) is 2.99. The smallest absolute Gasteiger partial charge is 0.113 e. The second-order valence-corrected chi connectivity index (χ2v) is 7.04. The van der Waals surface area contributed by atoms with Gasteiger partial charge in [-0.25, -0.2) is 4.98 Å². The zero-order valence-electron chi connectivity index (χ0n) is 10.7. The third-order valence-corrected chi connectivity index (χ3v) is 5.68. The average Bonchev–Trinajstić information content (AvgIpc) is 2.73. The molecule has 0 amide bonds. The summed E-state index contributed by atoms with van der Waals surface area (Å²) >= 11 is 1.91. The molecule has 2 N–H and O–H groups in total. The number of nitrogens with two attached hydrogens (primary N) is 1. The van der Waals surface area contributed by atoms with Crippen LogP contribution in [0, 0.1) is 5.92 Å². The molecule has 1 heterocycles. The molecule has 0 aliphatic heterocycles. The van der Waals surface area contributed by atoms with Gasteiger partial charge >= 0.3 is 0 Å². The Morgan fingerprint density at radius 2 is 2.12 bits per heavy atom.